The first-order valence-corrected chi connectivity index (χ1v) is 4.77. The number of halogens is 4. The molecular formula is C10H5ClF3NO2. The molecule has 2 rings (SSSR count). The normalized spacial score (nSPS) is 12.0. The third-order valence-electron chi connectivity index (χ3n) is 2.16. The highest BCUT2D eigenvalue weighted by Crippen LogP contribution is 2.39. The first-order valence-electron chi connectivity index (χ1n) is 4.39. The highest BCUT2D eigenvalue weighted by atomic mass is 35.5. The van der Waals surface area contributed by atoms with Crippen LogP contribution in [0, 0.1) is 0 Å². The SMILES string of the molecule is Oc1ccc(O)c2c(Cl)cc(C(F)(F)F)nc12. The van der Waals surface area contributed by atoms with Gasteiger partial charge in [0.2, 0.25) is 0 Å². The summed E-state index contributed by atoms with van der Waals surface area (Å²) in [5.41, 5.74) is -1.61. The van der Waals surface area contributed by atoms with Gasteiger partial charge in [0.05, 0.1) is 10.4 Å². The van der Waals surface area contributed by atoms with E-state index in [0.29, 0.717) is 6.07 Å². The third-order valence-corrected chi connectivity index (χ3v) is 2.46. The van der Waals surface area contributed by atoms with Crippen molar-refractivity contribution in [3.8, 4) is 11.5 Å². The zero-order valence-corrected chi connectivity index (χ0v) is 8.84. The zero-order chi connectivity index (χ0) is 12.8. The minimum absolute atomic E-state index is 0.111. The van der Waals surface area contributed by atoms with E-state index in [1.54, 1.807) is 0 Å². The van der Waals surface area contributed by atoms with E-state index in [0.717, 1.165) is 12.1 Å². The molecule has 1 aromatic carbocycles. The summed E-state index contributed by atoms with van der Waals surface area (Å²) >= 11 is 5.63. The van der Waals surface area contributed by atoms with Crippen LogP contribution in [-0.2, 0) is 6.18 Å². The molecule has 3 nitrogen and oxygen atoms in total. The van der Waals surface area contributed by atoms with Crippen molar-refractivity contribution in [1.29, 1.82) is 0 Å². The first-order chi connectivity index (χ1) is 7.80. The van der Waals surface area contributed by atoms with Crippen molar-refractivity contribution < 1.29 is 23.4 Å². The highest BCUT2D eigenvalue weighted by Gasteiger charge is 2.33. The molecule has 0 aliphatic carbocycles. The molecule has 0 fully saturated rings. The van der Waals surface area contributed by atoms with Gasteiger partial charge >= 0.3 is 6.18 Å². The second-order valence-corrected chi connectivity index (χ2v) is 3.72. The topological polar surface area (TPSA) is 53.4 Å². The lowest BCUT2D eigenvalue weighted by Gasteiger charge is -2.10. The molecule has 0 saturated carbocycles. The fourth-order valence-corrected chi connectivity index (χ4v) is 1.70. The van der Waals surface area contributed by atoms with Crippen LogP contribution in [0.1, 0.15) is 5.69 Å². The van der Waals surface area contributed by atoms with Gasteiger partial charge in [0.25, 0.3) is 0 Å². The minimum atomic E-state index is -4.67. The van der Waals surface area contributed by atoms with Crippen LogP contribution in [-0.4, -0.2) is 15.2 Å². The quantitative estimate of drug-likeness (QED) is 0.717. The Morgan fingerprint density at radius 1 is 1.12 bits per heavy atom. The Hall–Kier alpha value is -1.69. The lowest BCUT2D eigenvalue weighted by molar-refractivity contribution is -0.140. The number of phenols is 2. The molecular weight excluding hydrogens is 259 g/mol. The van der Waals surface area contributed by atoms with Crippen LogP contribution in [0.2, 0.25) is 5.02 Å². The largest absolute Gasteiger partial charge is 0.507 e. The van der Waals surface area contributed by atoms with Gasteiger partial charge in [-0.15, -0.1) is 0 Å². The molecule has 0 atom stereocenters. The smallest absolute Gasteiger partial charge is 0.433 e. The molecule has 0 radical (unpaired) electrons. The number of nitrogens with zero attached hydrogens (tertiary/aromatic N) is 1. The molecule has 1 heterocycles. The van der Waals surface area contributed by atoms with Crippen molar-refractivity contribution >= 4 is 22.5 Å². The molecule has 2 N–H and O–H groups in total. The van der Waals surface area contributed by atoms with Crippen LogP contribution in [0.15, 0.2) is 18.2 Å². The molecule has 0 spiro atoms. The number of rotatable bonds is 0. The van der Waals surface area contributed by atoms with Gasteiger partial charge < -0.3 is 10.2 Å². The maximum Gasteiger partial charge on any atom is 0.433 e. The van der Waals surface area contributed by atoms with E-state index >= 15 is 0 Å². The number of benzene rings is 1. The maximum absolute atomic E-state index is 12.5. The Kier molecular flexibility index (Phi) is 2.54. The molecule has 0 unspecified atom stereocenters. The van der Waals surface area contributed by atoms with Gasteiger partial charge in [-0.2, -0.15) is 13.2 Å². The van der Waals surface area contributed by atoms with Gasteiger partial charge in [0.15, 0.2) is 0 Å². The molecule has 0 aliphatic rings. The van der Waals surface area contributed by atoms with Crippen LogP contribution in [0.4, 0.5) is 13.2 Å². The fourth-order valence-electron chi connectivity index (χ4n) is 1.41. The lowest BCUT2D eigenvalue weighted by Crippen LogP contribution is -2.08. The third kappa shape index (κ3) is 1.95. The van der Waals surface area contributed by atoms with Crippen molar-refractivity contribution in [2.24, 2.45) is 0 Å². The van der Waals surface area contributed by atoms with Gasteiger partial charge in [0.1, 0.15) is 22.7 Å². The maximum atomic E-state index is 12.5. The summed E-state index contributed by atoms with van der Waals surface area (Å²) in [6, 6.07) is 2.77. The fraction of sp³-hybridized carbons (Fsp3) is 0.100. The minimum Gasteiger partial charge on any atom is -0.507 e. The van der Waals surface area contributed by atoms with E-state index in [1.165, 1.54) is 0 Å². The number of fused-ring (bicyclic) bond motifs is 1. The number of aromatic hydroxyl groups is 2. The Labute approximate surface area is 98.1 Å². The van der Waals surface area contributed by atoms with Crippen LogP contribution in [0.3, 0.4) is 0 Å². The van der Waals surface area contributed by atoms with Crippen molar-refractivity contribution in [3.63, 3.8) is 0 Å². The van der Waals surface area contributed by atoms with Gasteiger partial charge in [0, 0.05) is 0 Å². The number of alkyl halides is 3. The van der Waals surface area contributed by atoms with E-state index < -0.39 is 17.6 Å². The van der Waals surface area contributed by atoms with E-state index in [9.17, 15) is 23.4 Å². The van der Waals surface area contributed by atoms with Crippen LogP contribution >= 0.6 is 11.6 Å². The van der Waals surface area contributed by atoms with E-state index in [4.69, 9.17) is 11.6 Å². The molecule has 0 saturated heterocycles. The van der Waals surface area contributed by atoms with Crippen LogP contribution < -0.4 is 0 Å². The second-order valence-electron chi connectivity index (χ2n) is 3.31. The molecule has 0 aliphatic heterocycles. The lowest BCUT2D eigenvalue weighted by atomic mass is 10.1. The summed E-state index contributed by atoms with van der Waals surface area (Å²) in [5, 5.41) is 18.4. The monoisotopic (exact) mass is 263 g/mol. The van der Waals surface area contributed by atoms with E-state index in [-0.39, 0.29) is 21.7 Å². The van der Waals surface area contributed by atoms with Gasteiger partial charge in [-0.1, -0.05) is 11.6 Å². The predicted molar refractivity (Wildman–Crippen MR) is 55.1 cm³/mol. The average molecular weight is 264 g/mol. The summed E-state index contributed by atoms with van der Waals surface area (Å²) in [6.45, 7) is 0. The summed E-state index contributed by atoms with van der Waals surface area (Å²) in [5.74, 6) is -0.824. The molecule has 2 aromatic rings. The van der Waals surface area contributed by atoms with Gasteiger partial charge in [-0.05, 0) is 18.2 Å². The first kappa shape index (κ1) is 11.8. The van der Waals surface area contributed by atoms with E-state index in [2.05, 4.69) is 4.98 Å². The van der Waals surface area contributed by atoms with Crippen molar-refractivity contribution in [2.45, 2.75) is 6.18 Å². The number of aromatic nitrogens is 1. The Morgan fingerprint density at radius 2 is 1.71 bits per heavy atom. The Balaban J connectivity index is 2.87. The highest BCUT2D eigenvalue weighted by molar-refractivity contribution is 6.36. The molecule has 0 bridgehead atoms. The van der Waals surface area contributed by atoms with Gasteiger partial charge in [-0.25, -0.2) is 4.98 Å². The zero-order valence-electron chi connectivity index (χ0n) is 8.09. The summed E-state index contributed by atoms with van der Waals surface area (Å²) in [7, 11) is 0. The Morgan fingerprint density at radius 3 is 2.29 bits per heavy atom. The second kappa shape index (κ2) is 3.66. The van der Waals surface area contributed by atoms with Crippen molar-refractivity contribution in [3.05, 3.63) is 28.9 Å². The number of phenolic OH excluding ortho intramolecular Hbond substituents is 2. The molecule has 0 amide bonds. The standard InChI is InChI=1S/C10H5ClF3NO2/c11-4-3-7(10(12,13)14)15-9-6(17)2-1-5(16)8(4)9/h1-3,16-17H. The Bertz CT molecular complexity index is 598. The summed E-state index contributed by atoms with van der Waals surface area (Å²) in [6.07, 6.45) is -4.67. The molecule has 17 heavy (non-hydrogen) atoms. The van der Waals surface area contributed by atoms with Crippen molar-refractivity contribution in [1.82, 2.24) is 4.98 Å². The number of hydrogen-bond donors (Lipinski definition) is 2. The van der Waals surface area contributed by atoms with Gasteiger partial charge in [-0.3, -0.25) is 0 Å². The molecule has 90 valence electrons. The number of pyridine rings is 1. The molecule has 7 heteroatoms. The summed E-state index contributed by atoms with van der Waals surface area (Å²) < 4.78 is 37.4. The van der Waals surface area contributed by atoms with Crippen molar-refractivity contribution in [2.75, 3.05) is 0 Å². The average Bonchev–Trinajstić information content (AvgIpc) is 2.21. The summed E-state index contributed by atoms with van der Waals surface area (Å²) in [4.78, 5) is 3.25. The molecule has 1 aromatic heterocycles. The van der Waals surface area contributed by atoms with Crippen LogP contribution in [0.5, 0.6) is 11.5 Å². The number of hydrogen-bond acceptors (Lipinski definition) is 3. The van der Waals surface area contributed by atoms with Crippen LogP contribution in [0.25, 0.3) is 10.9 Å². The predicted octanol–water partition coefficient (Wildman–Crippen LogP) is 3.32. The van der Waals surface area contributed by atoms with E-state index in [1.807, 2.05) is 0 Å².